The number of hydrogen-bond acceptors (Lipinski definition) is 7. The van der Waals surface area contributed by atoms with Gasteiger partial charge in [0.1, 0.15) is 23.8 Å². The average Bonchev–Trinajstić information content (AvgIpc) is 3.17. The monoisotopic (exact) mass is 350 g/mol. The molecule has 2 aromatic rings. The first kappa shape index (κ1) is 18.1. The Balaban J connectivity index is 1.77. The molecule has 138 valence electrons. The van der Waals surface area contributed by atoms with Crippen LogP contribution in [0.25, 0.3) is 11.0 Å². The highest BCUT2D eigenvalue weighted by molar-refractivity contribution is 5.85. The van der Waals surface area contributed by atoms with Crippen LogP contribution < -0.4 is 5.32 Å². The first-order valence-corrected chi connectivity index (χ1v) is 8.85. The van der Waals surface area contributed by atoms with Crippen LogP contribution in [0.1, 0.15) is 38.8 Å². The molecule has 0 saturated carbocycles. The van der Waals surface area contributed by atoms with Gasteiger partial charge in [-0.05, 0) is 12.5 Å². The summed E-state index contributed by atoms with van der Waals surface area (Å²) < 4.78 is 7.25. The second-order valence-corrected chi connectivity index (χ2v) is 6.40. The summed E-state index contributed by atoms with van der Waals surface area (Å²) >= 11 is 0. The van der Waals surface area contributed by atoms with Crippen molar-refractivity contribution < 1.29 is 20.1 Å². The lowest BCUT2D eigenvalue weighted by Crippen LogP contribution is -2.33. The fourth-order valence-corrected chi connectivity index (χ4v) is 3.16. The molecule has 0 radical (unpaired) electrons. The van der Waals surface area contributed by atoms with Crippen LogP contribution in [-0.2, 0) is 4.74 Å². The van der Waals surface area contributed by atoms with Gasteiger partial charge in [-0.2, -0.15) is 0 Å². The van der Waals surface area contributed by atoms with Crippen molar-refractivity contribution in [3.8, 4) is 0 Å². The van der Waals surface area contributed by atoms with Crippen LogP contribution in [0.3, 0.4) is 0 Å². The molecule has 25 heavy (non-hydrogen) atoms. The van der Waals surface area contributed by atoms with Gasteiger partial charge in [0.2, 0.25) is 0 Å². The van der Waals surface area contributed by atoms with Crippen molar-refractivity contribution in [3.05, 3.63) is 18.6 Å². The number of unbranched alkanes of at least 4 members (excludes halogenated alkanes) is 3. The molecule has 0 aromatic carbocycles. The maximum Gasteiger partial charge on any atom is 0.164 e. The van der Waals surface area contributed by atoms with Crippen molar-refractivity contribution in [1.82, 2.24) is 14.5 Å². The highest BCUT2D eigenvalue weighted by Gasteiger charge is 2.43. The Labute approximate surface area is 146 Å². The zero-order valence-corrected chi connectivity index (χ0v) is 14.4. The lowest BCUT2D eigenvalue weighted by atomic mass is 10.1. The number of imidazole rings is 1. The SMILES string of the molecule is CCCCCCNc1nccc2c1ncn2C1O[C@H](CO)[C@@H](O)[C@H]1O. The van der Waals surface area contributed by atoms with Gasteiger partial charge >= 0.3 is 0 Å². The molecule has 8 heteroatoms. The van der Waals surface area contributed by atoms with E-state index in [0.29, 0.717) is 11.3 Å². The molecule has 0 spiro atoms. The number of nitrogens with one attached hydrogen (secondary N) is 1. The van der Waals surface area contributed by atoms with Crippen molar-refractivity contribution in [3.63, 3.8) is 0 Å². The smallest absolute Gasteiger partial charge is 0.164 e. The molecule has 2 aromatic heterocycles. The number of aliphatic hydroxyl groups is 3. The number of ether oxygens (including phenoxy) is 1. The standard InChI is InChI=1S/C17H26N4O4/c1-2-3-4-5-7-18-16-13-11(6-8-19-16)21(10-20-13)17-15(24)14(23)12(9-22)25-17/h6,8,10,12,14-15,17,22-24H,2-5,7,9H2,1H3,(H,18,19)/t12-,14-,15-,17?/m1/s1. The molecule has 1 fully saturated rings. The van der Waals surface area contributed by atoms with Crippen LogP contribution in [0.4, 0.5) is 5.82 Å². The van der Waals surface area contributed by atoms with Gasteiger partial charge < -0.3 is 29.9 Å². The Morgan fingerprint density at radius 2 is 2.04 bits per heavy atom. The average molecular weight is 350 g/mol. The van der Waals surface area contributed by atoms with Gasteiger partial charge in [-0.25, -0.2) is 9.97 Å². The van der Waals surface area contributed by atoms with Crippen molar-refractivity contribution in [1.29, 1.82) is 0 Å². The van der Waals surface area contributed by atoms with Crippen molar-refractivity contribution >= 4 is 16.9 Å². The van der Waals surface area contributed by atoms with E-state index < -0.39 is 24.5 Å². The highest BCUT2D eigenvalue weighted by Crippen LogP contribution is 2.32. The summed E-state index contributed by atoms with van der Waals surface area (Å²) in [6.45, 7) is 2.65. The second-order valence-electron chi connectivity index (χ2n) is 6.40. The van der Waals surface area contributed by atoms with E-state index >= 15 is 0 Å². The summed E-state index contributed by atoms with van der Waals surface area (Å²) in [5.41, 5.74) is 1.44. The van der Waals surface area contributed by atoms with E-state index in [-0.39, 0.29) is 6.61 Å². The largest absolute Gasteiger partial charge is 0.394 e. The van der Waals surface area contributed by atoms with Gasteiger partial charge in [0.15, 0.2) is 12.0 Å². The van der Waals surface area contributed by atoms with Crippen LogP contribution in [0.2, 0.25) is 0 Å². The van der Waals surface area contributed by atoms with Gasteiger partial charge in [0.25, 0.3) is 0 Å². The third-order valence-corrected chi connectivity index (χ3v) is 4.61. The fourth-order valence-electron chi connectivity index (χ4n) is 3.16. The molecule has 4 atom stereocenters. The summed E-state index contributed by atoms with van der Waals surface area (Å²) in [6.07, 6.45) is 4.04. The number of aliphatic hydroxyl groups excluding tert-OH is 3. The molecule has 1 aliphatic heterocycles. The van der Waals surface area contributed by atoms with Gasteiger partial charge in [-0.3, -0.25) is 0 Å². The normalized spacial score (nSPS) is 26.4. The summed E-state index contributed by atoms with van der Waals surface area (Å²) in [7, 11) is 0. The number of nitrogens with zero attached hydrogens (tertiary/aromatic N) is 3. The first-order chi connectivity index (χ1) is 12.2. The zero-order chi connectivity index (χ0) is 17.8. The Kier molecular flexibility index (Phi) is 5.85. The molecule has 3 rings (SSSR count). The van der Waals surface area contributed by atoms with Gasteiger partial charge in [-0.15, -0.1) is 0 Å². The van der Waals surface area contributed by atoms with Crippen LogP contribution in [0.5, 0.6) is 0 Å². The lowest BCUT2D eigenvalue weighted by molar-refractivity contribution is -0.0508. The molecular weight excluding hydrogens is 324 g/mol. The van der Waals surface area contributed by atoms with Gasteiger partial charge in [0.05, 0.1) is 18.5 Å². The van der Waals surface area contributed by atoms with Crippen LogP contribution in [-0.4, -0.2) is 61.3 Å². The maximum atomic E-state index is 10.2. The van der Waals surface area contributed by atoms with E-state index in [4.69, 9.17) is 4.74 Å². The van der Waals surface area contributed by atoms with E-state index in [2.05, 4.69) is 22.2 Å². The molecule has 0 aliphatic carbocycles. The molecule has 3 heterocycles. The molecule has 1 unspecified atom stereocenters. The zero-order valence-electron chi connectivity index (χ0n) is 14.4. The molecule has 4 N–H and O–H groups in total. The summed E-state index contributed by atoms with van der Waals surface area (Å²) in [4.78, 5) is 8.74. The Morgan fingerprint density at radius 1 is 1.20 bits per heavy atom. The Bertz CT molecular complexity index is 692. The molecule has 0 amide bonds. The molecule has 0 bridgehead atoms. The van der Waals surface area contributed by atoms with Gasteiger partial charge in [0, 0.05) is 12.7 Å². The Morgan fingerprint density at radius 3 is 2.76 bits per heavy atom. The number of aromatic nitrogens is 3. The number of anilines is 1. The molecule has 1 saturated heterocycles. The summed E-state index contributed by atoms with van der Waals surface area (Å²) in [5.74, 6) is 0.694. The predicted molar refractivity (Wildman–Crippen MR) is 93.2 cm³/mol. The highest BCUT2D eigenvalue weighted by atomic mass is 16.6. The van der Waals surface area contributed by atoms with Gasteiger partial charge in [-0.1, -0.05) is 26.2 Å². The van der Waals surface area contributed by atoms with Crippen molar-refractivity contribution in [2.24, 2.45) is 0 Å². The fraction of sp³-hybridized carbons (Fsp3) is 0.647. The Hall–Kier alpha value is -1.74. The van der Waals surface area contributed by atoms with E-state index in [1.54, 1.807) is 23.2 Å². The van der Waals surface area contributed by atoms with E-state index in [0.717, 1.165) is 18.5 Å². The minimum absolute atomic E-state index is 0.354. The number of pyridine rings is 1. The lowest BCUT2D eigenvalue weighted by Gasteiger charge is -2.17. The van der Waals surface area contributed by atoms with Crippen molar-refractivity contribution in [2.75, 3.05) is 18.5 Å². The van der Waals surface area contributed by atoms with Crippen molar-refractivity contribution in [2.45, 2.75) is 57.1 Å². The van der Waals surface area contributed by atoms with E-state index in [1.165, 1.54) is 19.3 Å². The van der Waals surface area contributed by atoms with E-state index in [9.17, 15) is 15.3 Å². The van der Waals surface area contributed by atoms with Crippen LogP contribution in [0, 0.1) is 0 Å². The molecule has 1 aliphatic rings. The summed E-state index contributed by atoms with van der Waals surface area (Å²) in [6, 6.07) is 1.79. The second kappa shape index (κ2) is 8.09. The topological polar surface area (TPSA) is 113 Å². The third kappa shape index (κ3) is 3.62. The number of fused-ring (bicyclic) bond motifs is 1. The quantitative estimate of drug-likeness (QED) is 0.526. The summed E-state index contributed by atoms with van der Waals surface area (Å²) in [5, 5.41) is 32.7. The molecule has 8 nitrogen and oxygen atoms in total. The minimum Gasteiger partial charge on any atom is -0.394 e. The maximum absolute atomic E-state index is 10.2. The first-order valence-electron chi connectivity index (χ1n) is 8.85. The third-order valence-electron chi connectivity index (χ3n) is 4.61. The van der Waals surface area contributed by atoms with Crippen LogP contribution >= 0.6 is 0 Å². The predicted octanol–water partition coefficient (Wildman–Crippen LogP) is 1.03. The number of rotatable bonds is 8. The number of hydrogen-bond donors (Lipinski definition) is 4. The van der Waals surface area contributed by atoms with E-state index in [1.807, 2.05) is 0 Å². The molecular formula is C17H26N4O4. The minimum atomic E-state index is -1.13. The van der Waals surface area contributed by atoms with Crippen LogP contribution in [0.15, 0.2) is 18.6 Å².